The summed E-state index contributed by atoms with van der Waals surface area (Å²) >= 11 is 0. The van der Waals surface area contributed by atoms with Gasteiger partial charge in [0, 0.05) is 26.8 Å². The van der Waals surface area contributed by atoms with Crippen LogP contribution in [0.3, 0.4) is 0 Å². The van der Waals surface area contributed by atoms with Crippen molar-refractivity contribution in [3.63, 3.8) is 0 Å². The number of benzene rings is 1. The lowest BCUT2D eigenvalue weighted by Crippen LogP contribution is -2.30. The number of cyclic esters (lactones) is 1. The van der Waals surface area contributed by atoms with Gasteiger partial charge < -0.3 is 20.1 Å². The van der Waals surface area contributed by atoms with Crippen LogP contribution in [0.25, 0.3) is 5.65 Å². The Kier molecular flexibility index (Phi) is 5.39. The predicted octanol–water partition coefficient (Wildman–Crippen LogP) is 1.49. The van der Waals surface area contributed by atoms with Crippen LogP contribution in [0.5, 0.6) is 5.75 Å². The van der Waals surface area contributed by atoms with Crippen molar-refractivity contribution >= 4 is 29.0 Å². The minimum atomic E-state index is -0.862. The smallest absolute Gasteiger partial charge is 0.414 e. The highest BCUT2D eigenvalue weighted by Crippen LogP contribution is 2.28. The van der Waals surface area contributed by atoms with E-state index in [1.165, 1.54) is 35.4 Å². The van der Waals surface area contributed by atoms with Crippen LogP contribution in [0.1, 0.15) is 16.1 Å². The number of hydrogen-bond acceptors (Lipinski definition) is 7. The standard InChI is InChI=1S/C21H20FN5O5/c1-25(2)14-9-15(26-7-8-32-21(26)31)18-24-16(17(28)20(30)27(18)11-14)19(29)23-10-12-3-5-13(22)6-4-12/h3-6,9,11,28H,7-8,10H2,1-2H3,(H,23,29). The molecule has 0 saturated carbocycles. The quantitative estimate of drug-likeness (QED) is 0.616. The van der Waals surface area contributed by atoms with E-state index in [1.54, 1.807) is 25.1 Å². The van der Waals surface area contributed by atoms with Crippen molar-refractivity contribution < 1.29 is 23.8 Å². The molecule has 1 fully saturated rings. The van der Waals surface area contributed by atoms with Crippen molar-refractivity contribution in [2.45, 2.75) is 6.54 Å². The van der Waals surface area contributed by atoms with Crippen LogP contribution < -0.4 is 20.7 Å². The molecule has 0 bridgehead atoms. The molecule has 1 saturated heterocycles. The number of nitrogens with zero attached hydrogens (tertiary/aromatic N) is 4. The Balaban J connectivity index is 1.78. The molecule has 2 aromatic heterocycles. The zero-order valence-corrected chi connectivity index (χ0v) is 17.3. The van der Waals surface area contributed by atoms with Gasteiger partial charge in [0.2, 0.25) is 5.75 Å². The van der Waals surface area contributed by atoms with E-state index >= 15 is 0 Å². The number of halogens is 1. The molecule has 0 unspecified atom stereocenters. The number of anilines is 2. The Bertz CT molecular complexity index is 1270. The second kappa shape index (κ2) is 8.17. The highest BCUT2D eigenvalue weighted by Gasteiger charge is 2.29. The number of nitrogens with one attached hydrogen (secondary N) is 1. The molecule has 3 heterocycles. The summed E-state index contributed by atoms with van der Waals surface area (Å²) in [5, 5.41) is 13.0. The molecule has 0 atom stereocenters. The topological polar surface area (TPSA) is 116 Å². The molecule has 10 nitrogen and oxygen atoms in total. The van der Waals surface area contributed by atoms with Crippen molar-refractivity contribution in [1.82, 2.24) is 14.7 Å². The van der Waals surface area contributed by atoms with Gasteiger partial charge in [-0.1, -0.05) is 12.1 Å². The molecule has 0 spiro atoms. The third-order valence-electron chi connectivity index (χ3n) is 5.02. The van der Waals surface area contributed by atoms with Crippen LogP contribution in [-0.4, -0.2) is 53.7 Å². The van der Waals surface area contributed by atoms with E-state index in [4.69, 9.17) is 4.74 Å². The number of ether oxygens (including phenoxy) is 1. The average Bonchev–Trinajstić information content (AvgIpc) is 3.20. The molecule has 1 aliphatic heterocycles. The predicted molar refractivity (Wildman–Crippen MR) is 114 cm³/mol. The summed E-state index contributed by atoms with van der Waals surface area (Å²) in [7, 11) is 3.51. The Morgan fingerprint density at radius 1 is 1.28 bits per heavy atom. The molecule has 2 N–H and O–H groups in total. The molecule has 11 heteroatoms. The maximum absolute atomic E-state index is 13.1. The van der Waals surface area contributed by atoms with E-state index in [0.29, 0.717) is 11.3 Å². The van der Waals surface area contributed by atoms with Crippen LogP contribution in [0.4, 0.5) is 20.6 Å². The second-order valence-corrected chi connectivity index (χ2v) is 7.36. The van der Waals surface area contributed by atoms with Gasteiger partial charge in [0.15, 0.2) is 11.3 Å². The van der Waals surface area contributed by atoms with E-state index in [2.05, 4.69) is 10.3 Å². The van der Waals surface area contributed by atoms with Gasteiger partial charge in [0.1, 0.15) is 12.4 Å². The fourth-order valence-electron chi connectivity index (χ4n) is 3.28. The van der Waals surface area contributed by atoms with E-state index in [1.807, 2.05) is 0 Å². The summed E-state index contributed by atoms with van der Waals surface area (Å²) in [6.07, 6.45) is 0.850. The number of carbonyl (C=O) groups excluding carboxylic acids is 2. The number of amides is 2. The first-order valence-electron chi connectivity index (χ1n) is 9.70. The zero-order chi connectivity index (χ0) is 23.0. The van der Waals surface area contributed by atoms with Crippen LogP contribution in [-0.2, 0) is 11.3 Å². The number of fused-ring (bicyclic) bond motifs is 1. The van der Waals surface area contributed by atoms with Crippen molar-refractivity contribution in [3.05, 3.63) is 64.0 Å². The van der Waals surface area contributed by atoms with Gasteiger partial charge in [-0.3, -0.25) is 18.9 Å². The number of hydrogen-bond donors (Lipinski definition) is 2. The lowest BCUT2D eigenvalue weighted by Gasteiger charge is -2.20. The van der Waals surface area contributed by atoms with E-state index in [-0.39, 0.29) is 31.0 Å². The van der Waals surface area contributed by atoms with Gasteiger partial charge in [-0.25, -0.2) is 14.2 Å². The van der Waals surface area contributed by atoms with E-state index in [9.17, 15) is 23.9 Å². The summed E-state index contributed by atoms with van der Waals surface area (Å²) in [6.45, 7) is 0.448. The van der Waals surface area contributed by atoms with Crippen LogP contribution in [0.15, 0.2) is 41.3 Å². The Labute approximate surface area is 181 Å². The molecular weight excluding hydrogens is 421 g/mol. The number of carbonyl (C=O) groups is 2. The maximum Gasteiger partial charge on any atom is 0.414 e. The summed E-state index contributed by atoms with van der Waals surface area (Å²) in [5.74, 6) is -2.03. The first-order valence-corrected chi connectivity index (χ1v) is 9.70. The Morgan fingerprint density at radius 2 is 2.00 bits per heavy atom. The van der Waals surface area contributed by atoms with Gasteiger partial charge in [-0.15, -0.1) is 0 Å². The highest BCUT2D eigenvalue weighted by molar-refractivity contribution is 5.98. The molecule has 1 aliphatic rings. The van der Waals surface area contributed by atoms with Crippen molar-refractivity contribution in [1.29, 1.82) is 0 Å². The van der Waals surface area contributed by atoms with Gasteiger partial charge in [-0.2, -0.15) is 0 Å². The summed E-state index contributed by atoms with van der Waals surface area (Å²) in [4.78, 5) is 45.0. The Morgan fingerprint density at radius 3 is 2.62 bits per heavy atom. The minimum Gasteiger partial charge on any atom is -0.501 e. The van der Waals surface area contributed by atoms with Gasteiger partial charge in [0.05, 0.1) is 17.9 Å². The summed E-state index contributed by atoms with van der Waals surface area (Å²) in [5.41, 5.74) is 0.132. The highest BCUT2D eigenvalue weighted by atomic mass is 19.1. The molecule has 32 heavy (non-hydrogen) atoms. The summed E-state index contributed by atoms with van der Waals surface area (Å²) in [6, 6.07) is 7.15. The zero-order valence-electron chi connectivity index (χ0n) is 17.3. The number of aromatic nitrogens is 2. The number of rotatable bonds is 5. The molecule has 0 aliphatic carbocycles. The molecule has 3 aromatic rings. The average molecular weight is 441 g/mol. The largest absolute Gasteiger partial charge is 0.501 e. The first-order chi connectivity index (χ1) is 15.3. The molecular formula is C21H20FN5O5. The van der Waals surface area contributed by atoms with Gasteiger partial charge in [-0.05, 0) is 23.8 Å². The van der Waals surface area contributed by atoms with Crippen molar-refractivity contribution in [2.75, 3.05) is 37.0 Å². The SMILES string of the molecule is CN(C)c1cc(N2CCOC2=O)c2nc(C(=O)NCc3ccc(F)cc3)c(O)c(=O)n2c1. The third kappa shape index (κ3) is 3.80. The van der Waals surface area contributed by atoms with Gasteiger partial charge >= 0.3 is 11.7 Å². The van der Waals surface area contributed by atoms with E-state index < -0.39 is 34.8 Å². The Hall–Kier alpha value is -4.15. The van der Waals surface area contributed by atoms with Crippen molar-refractivity contribution in [2.24, 2.45) is 0 Å². The summed E-state index contributed by atoms with van der Waals surface area (Å²) < 4.78 is 19.1. The molecule has 2 amide bonds. The first kappa shape index (κ1) is 21.1. The number of pyridine rings is 1. The maximum atomic E-state index is 13.1. The third-order valence-corrected chi connectivity index (χ3v) is 5.02. The monoisotopic (exact) mass is 441 g/mol. The van der Waals surface area contributed by atoms with Crippen molar-refractivity contribution in [3.8, 4) is 5.75 Å². The lowest BCUT2D eigenvalue weighted by molar-refractivity contribution is 0.0942. The van der Waals surface area contributed by atoms with Gasteiger partial charge in [0.25, 0.3) is 5.91 Å². The fraction of sp³-hybridized carbons (Fsp3) is 0.238. The van der Waals surface area contributed by atoms with Crippen LogP contribution in [0.2, 0.25) is 0 Å². The van der Waals surface area contributed by atoms with Crippen LogP contribution >= 0.6 is 0 Å². The minimum absolute atomic E-state index is 0.0178. The molecule has 0 radical (unpaired) electrons. The number of aromatic hydroxyl groups is 1. The normalized spacial score (nSPS) is 13.3. The lowest BCUT2D eigenvalue weighted by atomic mass is 10.2. The van der Waals surface area contributed by atoms with E-state index in [0.717, 1.165) is 4.40 Å². The molecule has 1 aromatic carbocycles. The molecule has 4 rings (SSSR count). The molecule has 166 valence electrons. The van der Waals surface area contributed by atoms with Crippen LogP contribution in [0, 0.1) is 5.82 Å². The fourth-order valence-corrected chi connectivity index (χ4v) is 3.28. The second-order valence-electron chi connectivity index (χ2n) is 7.36.